The summed E-state index contributed by atoms with van der Waals surface area (Å²) in [7, 11) is 0. The summed E-state index contributed by atoms with van der Waals surface area (Å²) in [6.45, 7) is 5.41. The lowest BCUT2D eigenvalue weighted by atomic mass is 9.74. The van der Waals surface area contributed by atoms with Crippen molar-refractivity contribution in [1.82, 2.24) is 14.8 Å². The molecule has 0 spiro atoms. The maximum atomic E-state index is 13.0. The van der Waals surface area contributed by atoms with Crippen molar-refractivity contribution >= 4 is 16.8 Å². The molecule has 1 unspecified atom stereocenters. The third-order valence-corrected chi connectivity index (χ3v) is 6.04. The number of aromatic nitrogens is 1. The van der Waals surface area contributed by atoms with E-state index in [1.807, 2.05) is 10.6 Å². The molecule has 4 heteroatoms. The number of piperazine rings is 1. The predicted molar refractivity (Wildman–Crippen MR) is 86.2 cm³/mol. The average molecular weight is 295 g/mol. The SMILES string of the molecule is CCC12CC(=O)n3c4c(c5ccccc53)CCN(CCN1)[C@H]42. The minimum absolute atomic E-state index is 0.0745. The van der Waals surface area contributed by atoms with Gasteiger partial charge in [0.2, 0.25) is 5.91 Å². The summed E-state index contributed by atoms with van der Waals surface area (Å²) in [4.78, 5) is 15.6. The van der Waals surface area contributed by atoms with Gasteiger partial charge in [0.15, 0.2) is 0 Å². The minimum atomic E-state index is -0.0745. The van der Waals surface area contributed by atoms with Crippen molar-refractivity contribution in [3.05, 3.63) is 35.5 Å². The van der Waals surface area contributed by atoms with E-state index in [4.69, 9.17) is 0 Å². The summed E-state index contributed by atoms with van der Waals surface area (Å²) in [5, 5.41) is 5.00. The van der Waals surface area contributed by atoms with E-state index >= 15 is 0 Å². The fourth-order valence-corrected chi connectivity index (χ4v) is 5.05. The molecule has 22 heavy (non-hydrogen) atoms. The number of nitrogens with one attached hydrogen (secondary N) is 1. The largest absolute Gasteiger partial charge is 0.308 e. The third-order valence-electron chi connectivity index (χ3n) is 6.04. The molecule has 1 fully saturated rings. The van der Waals surface area contributed by atoms with Crippen LogP contribution in [-0.2, 0) is 6.42 Å². The highest BCUT2D eigenvalue weighted by molar-refractivity contribution is 5.98. The quantitative estimate of drug-likeness (QED) is 0.877. The Morgan fingerprint density at radius 1 is 1.32 bits per heavy atom. The zero-order valence-electron chi connectivity index (χ0n) is 12.9. The molecule has 0 amide bonds. The van der Waals surface area contributed by atoms with Crippen molar-refractivity contribution in [2.24, 2.45) is 0 Å². The van der Waals surface area contributed by atoms with Gasteiger partial charge in [0, 0.05) is 42.7 Å². The fourth-order valence-electron chi connectivity index (χ4n) is 5.05. The van der Waals surface area contributed by atoms with Gasteiger partial charge in [-0.1, -0.05) is 25.1 Å². The van der Waals surface area contributed by atoms with E-state index in [2.05, 4.69) is 35.3 Å². The molecular weight excluding hydrogens is 274 g/mol. The molecule has 3 aliphatic heterocycles. The highest BCUT2D eigenvalue weighted by atomic mass is 16.2. The maximum absolute atomic E-state index is 13.0. The van der Waals surface area contributed by atoms with Crippen LogP contribution < -0.4 is 5.32 Å². The first-order valence-electron chi connectivity index (χ1n) is 8.40. The first-order chi connectivity index (χ1) is 10.7. The van der Waals surface area contributed by atoms with Crippen molar-refractivity contribution in [2.75, 3.05) is 19.6 Å². The van der Waals surface area contributed by atoms with Gasteiger partial charge in [-0.05, 0) is 24.5 Å². The topological polar surface area (TPSA) is 37.3 Å². The molecule has 0 radical (unpaired) electrons. The van der Waals surface area contributed by atoms with Crippen LogP contribution in [0.5, 0.6) is 0 Å². The van der Waals surface area contributed by atoms with Crippen LogP contribution in [0.1, 0.15) is 41.9 Å². The Balaban J connectivity index is 1.88. The Morgan fingerprint density at radius 2 is 2.18 bits per heavy atom. The van der Waals surface area contributed by atoms with Crippen LogP contribution in [0.15, 0.2) is 24.3 Å². The molecule has 1 N–H and O–H groups in total. The van der Waals surface area contributed by atoms with Gasteiger partial charge in [-0.25, -0.2) is 0 Å². The van der Waals surface area contributed by atoms with Gasteiger partial charge in [0.05, 0.1) is 11.6 Å². The van der Waals surface area contributed by atoms with Crippen molar-refractivity contribution in [3.8, 4) is 0 Å². The minimum Gasteiger partial charge on any atom is -0.308 e. The van der Waals surface area contributed by atoms with Crippen molar-refractivity contribution in [1.29, 1.82) is 0 Å². The third kappa shape index (κ3) is 1.38. The van der Waals surface area contributed by atoms with E-state index in [0.717, 1.165) is 38.0 Å². The lowest BCUT2D eigenvalue weighted by Gasteiger charge is -2.54. The summed E-state index contributed by atoms with van der Waals surface area (Å²) in [6, 6.07) is 8.77. The molecule has 2 aromatic rings. The van der Waals surface area contributed by atoms with E-state index in [-0.39, 0.29) is 11.4 Å². The lowest BCUT2D eigenvalue weighted by Crippen LogP contribution is -2.66. The van der Waals surface area contributed by atoms with Gasteiger partial charge in [-0.15, -0.1) is 0 Å². The van der Waals surface area contributed by atoms with Crippen LogP contribution in [0.25, 0.3) is 10.9 Å². The molecule has 0 aliphatic carbocycles. The standard InChI is InChI=1S/C18H21N3O/c1-2-18-11-15(22)21-14-6-4-3-5-12(14)13-7-9-20(10-8-19-18)17(18)16(13)21/h3-6,17,19H,2,7-11H2,1H3/t17-,18?/m1/s1. The molecule has 1 saturated heterocycles. The van der Waals surface area contributed by atoms with Crippen LogP contribution in [0.2, 0.25) is 0 Å². The predicted octanol–water partition coefficient (Wildman–Crippen LogP) is 2.34. The van der Waals surface area contributed by atoms with Crippen LogP contribution in [0, 0.1) is 0 Å². The second-order valence-electron chi connectivity index (χ2n) is 6.91. The smallest absolute Gasteiger partial charge is 0.233 e. The molecule has 4 heterocycles. The number of benzene rings is 1. The van der Waals surface area contributed by atoms with Gasteiger partial charge in [0.25, 0.3) is 0 Å². The summed E-state index contributed by atoms with van der Waals surface area (Å²) in [5.41, 5.74) is 3.72. The number of fused-ring (bicyclic) bond motifs is 3. The van der Waals surface area contributed by atoms with Crippen LogP contribution in [0.3, 0.4) is 0 Å². The van der Waals surface area contributed by atoms with Gasteiger partial charge >= 0.3 is 0 Å². The first-order valence-corrected chi connectivity index (χ1v) is 8.40. The monoisotopic (exact) mass is 295 g/mol. The second kappa shape index (κ2) is 4.21. The van der Waals surface area contributed by atoms with Crippen LogP contribution in [0.4, 0.5) is 0 Å². The molecule has 2 atom stereocenters. The average Bonchev–Trinajstić information content (AvgIpc) is 2.89. The van der Waals surface area contributed by atoms with Crippen LogP contribution >= 0.6 is 0 Å². The lowest BCUT2D eigenvalue weighted by molar-refractivity contribution is 0.0185. The summed E-state index contributed by atoms with van der Waals surface area (Å²) < 4.78 is 2.03. The normalized spacial score (nSPS) is 30.6. The maximum Gasteiger partial charge on any atom is 0.233 e. The van der Waals surface area contributed by atoms with Gasteiger partial charge in [0.1, 0.15) is 0 Å². The molecule has 5 rings (SSSR count). The number of hydrogen-bond donors (Lipinski definition) is 1. The van der Waals surface area contributed by atoms with Gasteiger partial charge < -0.3 is 5.32 Å². The highest BCUT2D eigenvalue weighted by Gasteiger charge is 2.53. The zero-order chi connectivity index (χ0) is 14.9. The number of carbonyl (C=O) groups excluding carboxylic acids is 1. The highest BCUT2D eigenvalue weighted by Crippen LogP contribution is 2.49. The zero-order valence-corrected chi connectivity index (χ0v) is 12.9. The number of rotatable bonds is 1. The molecule has 1 aromatic carbocycles. The van der Waals surface area contributed by atoms with Crippen molar-refractivity contribution < 1.29 is 4.79 Å². The van der Waals surface area contributed by atoms with Crippen molar-refractivity contribution in [3.63, 3.8) is 0 Å². The Kier molecular flexibility index (Phi) is 2.46. The summed E-state index contributed by atoms with van der Waals surface area (Å²) >= 11 is 0. The summed E-state index contributed by atoms with van der Waals surface area (Å²) in [5.74, 6) is 0.256. The molecular formula is C18H21N3O. The van der Waals surface area contributed by atoms with Crippen LogP contribution in [-0.4, -0.2) is 40.5 Å². The number of hydrogen-bond acceptors (Lipinski definition) is 3. The van der Waals surface area contributed by atoms with E-state index in [0.29, 0.717) is 12.5 Å². The van der Waals surface area contributed by atoms with E-state index in [1.165, 1.54) is 16.6 Å². The number of nitrogens with zero attached hydrogens (tertiary/aromatic N) is 2. The Morgan fingerprint density at radius 3 is 3.05 bits per heavy atom. The first kappa shape index (κ1) is 12.9. The summed E-state index contributed by atoms with van der Waals surface area (Å²) in [6.07, 6.45) is 2.67. The van der Waals surface area contributed by atoms with E-state index in [1.54, 1.807) is 0 Å². The number of para-hydroxylation sites is 1. The Bertz CT molecular complexity index is 793. The number of carbonyl (C=O) groups is 1. The second-order valence-corrected chi connectivity index (χ2v) is 6.91. The van der Waals surface area contributed by atoms with E-state index < -0.39 is 0 Å². The Labute approximate surface area is 130 Å². The van der Waals surface area contributed by atoms with Gasteiger partial charge in [-0.3, -0.25) is 14.3 Å². The molecule has 0 bridgehead atoms. The van der Waals surface area contributed by atoms with Crippen molar-refractivity contribution in [2.45, 2.75) is 37.8 Å². The fraction of sp³-hybridized carbons (Fsp3) is 0.500. The molecule has 114 valence electrons. The van der Waals surface area contributed by atoms with E-state index in [9.17, 15) is 4.79 Å². The van der Waals surface area contributed by atoms with Gasteiger partial charge in [-0.2, -0.15) is 0 Å². The molecule has 0 saturated carbocycles. The molecule has 4 nitrogen and oxygen atoms in total. The molecule has 1 aromatic heterocycles. The Hall–Kier alpha value is -1.65. The molecule has 3 aliphatic rings.